The molecule has 0 aliphatic heterocycles. The Bertz CT molecular complexity index is 475. The minimum absolute atomic E-state index is 0.0636. The summed E-state index contributed by atoms with van der Waals surface area (Å²) in [7, 11) is 0. The lowest BCUT2D eigenvalue weighted by molar-refractivity contribution is -0.138. The van der Waals surface area contributed by atoms with Crippen LogP contribution in [0.3, 0.4) is 0 Å². The summed E-state index contributed by atoms with van der Waals surface area (Å²) in [5, 5.41) is 9.06. The molecule has 4 nitrogen and oxygen atoms in total. The largest absolute Gasteiger partial charge is 0.480 e. The van der Waals surface area contributed by atoms with Gasteiger partial charge in [-0.15, -0.1) is 0 Å². The first-order valence-corrected chi connectivity index (χ1v) is 7.17. The Balaban J connectivity index is 2.18. The van der Waals surface area contributed by atoms with E-state index in [0.717, 1.165) is 31.2 Å². The molecule has 4 heteroatoms. The minimum atomic E-state index is -0.948. The zero-order valence-electron chi connectivity index (χ0n) is 11.8. The van der Waals surface area contributed by atoms with Gasteiger partial charge in [-0.2, -0.15) is 0 Å². The summed E-state index contributed by atoms with van der Waals surface area (Å²) in [5.74, 6) is -1.12. The number of amides is 1. The van der Waals surface area contributed by atoms with Crippen LogP contribution in [0.2, 0.25) is 0 Å². The third-order valence-corrected chi connectivity index (χ3v) is 3.88. The number of benzene rings is 1. The quantitative estimate of drug-likeness (QED) is 0.919. The lowest BCUT2D eigenvalue weighted by Gasteiger charge is -2.33. The summed E-state index contributed by atoms with van der Waals surface area (Å²) < 4.78 is 0. The van der Waals surface area contributed by atoms with Crippen LogP contribution in [-0.2, 0) is 4.79 Å². The molecule has 0 spiro atoms. The van der Waals surface area contributed by atoms with Crippen LogP contribution in [0.4, 0.5) is 0 Å². The number of nitrogens with zero attached hydrogens (tertiary/aromatic N) is 1. The van der Waals surface area contributed by atoms with Crippen molar-refractivity contribution >= 4 is 11.9 Å². The predicted octanol–water partition coefficient (Wildman–Crippen LogP) is 2.85. The maximum Gasteiger partial charge on any atom is 0.323 e. The van der Waals surface area contributed by atoms with E-state index in [1.165, 1.54) is 11.3 Å². The van der Waals surface area contributed by atoms with Crippen LogP contribution in [0.5, 0.6) is 0 Å². The molecule has 108 valence electrons. The van der Waals surface area contributed by atoms with Gasteiger partial charge in [0.15, 0.2) is 0 Å². The highest BCUT2D eigenvalue weighted by Gasteiger charge is 2.27. The number of aryl methyl sites for hydroxylation is 1. The summed E-state index contributed by atoms with van der Waals surface area (Å²) in [6.45, 7) is 1.75. The standard InChI is InChI=1S/C16H21NO3/c1-12-7-9-13(10-8-12)16(20)17(11-15(18)19)14-5-3-2-4-6-14/h7-10,14H,2-6,11H2,1H3,(H,18,19). The van der Waals surface area contributed by atoms with Gasteiger partial charge in [0.2, 0.25) is 0 Å². The number of rotatable bonds is 4. The van der Waals surface area contributed by atoms with E-state index in [1.54, 1.807) is 12.1 Å². The third-order valence-electron chi connectivity index (χ3n) is 3.88. The summed E-state index contributed by atoms with van der Waals surface area (Å²) in [5.41, 5.74) is 1.66. The van der Waals surface area contributed by atoms with Crippen molar-refractivity contribution in [2.45, 2.75) is 45.1 Å². The molecule has 0 saturated heterocycles. The van der Waals surface area contributed by atoms with Gasteiger partial charge in [-0.25, -0.2) is 0 Å². The lowest BCUT2D eigenvalue weighted by Crippen LogP contribution is -2.44. The maximum atomic E-state index is 12.6. The second-order valence-electron chi connectivity index (χ2n) is 5.48. The Hall–Kier alpha value is -1.84. The average molecular weight is 275 g/mol. The zero-order chi connectivity index (χ0) is 14.5. The SMILES string of the molecule is Cc1ccc(C(=O)N(CC(=O)O)C2CCCCC2)cc1. The van der Waals surface area contributed by atoms with Gasteiger partial charge in [0.05, 0.1) is 0 Å². The molecule has 1 aliphatic carbocycles. The smallest absolute Gasteiger partial charge is 0.323 e. The van der Waals surface area contributed by atoms with Crippen molar-refractivity contribution in [1.29, 1.82) is 0 Å². The highest BCUT2D eigenvalue weighted by Crippen LogP contribution is 2.24. The Labute approximate surface area is 119 Å². The number of carboxylic acids is 1. The Morgan fingerprint density at radius 1 is 1.15 bits per heavy atom. The normalized spacial score (nSPS) is 15.8. The van der Waals surface area contributed by atoms with Crippen molar-refractivity contribution in [3.8, 4) is 0 Å². The van der Waals surface area contributed by atoms with E-state index in [1.807, 2.05) is 19.1 Å². The van der Waals surface area contributed by atoms with E-state index in [0.29, 0.717) is 5.56 Å². The fraction of sp³-hybridized carbons (Fsp3) is 0.500. The molecule has 0 bridgehead atoms. The van der Waals surface area contributed by atoms with Gasteiger partial charge in [-0.1, -0.05) is 37.0 Å². The first-order valence-electron chi connectivity index (χ1n) is 7.17. The molecule has 0 unspecified atom stereocenters. The summed E-state index contributed by atoms with van der Waals surface area (Å²) in [6.07, 6.45) is 5.13. The predicted molar refractivity (Wildman–Crippen MR) is 76.7 cm³/mol. The second kappa shape index (κ2) is 6.55. The van der Waals surface area contributed by atoms with Crippen LogP contribution in [0.1, 0.15) is 48.0 Å². The van der Waals surface area contributed by atoms with Gasteiger partial charge in [0.1, 0.15) is 6.54 Å². The molecular formula is C16H21NO3. The van der Waals surface area contributed by atoms with Crippen molar-refractivity contribution in [2.24, 2.45) is 0 Å². The Kier molecular flexibility index (Phi) is 4.77. The van der Waals surface area contributed by atoms with E-state index in [-0.39, 0.29) is 18.5 Å². The van der Waals surface area contributed by atoms with Gasteiger partial charge in [-0.05, 0) is 31.9 Å². The van der Waals surface area contributed by atoms with Crippen molar-refractivity contribution < 1.29 is 14.7 Å². The van der Waals surface area contributed by atoms with Crippen LogP contribution in [0.25, 0.3) is 0 Å². The van der Waals surface area contributed by atoms with Gasteiger partial charge in [-0.3, -0.25) is 9.59 Å². The molecule has 1 saturated carbocycles. The van der Waals surface area contributed by atoms with E-state index in [9.17, 15) is 9.59 Å². The third kappa shape index (κ3) is 3.59. The zero-order valence-corrected chi connectivity index (χ0v) is 11.8. The second-order valence-corrected chi connectivity index (χ2v) is 5.48. The van der Waals surface area contributed by atoms with Crippen LogP contribution in [-0.4, -0.2) is 34.5 Å². The van der Waals surface area contributed by atoms with Crippen LogP contribution >= 0.6 is 0 Å². The highest BCUT2D eigenvalue weighted by molar-refractivity contribution is 5.96. The van der Waals surface area contributed by atoms with Crippen molar-refractivity contribution in [1.82, 2.24) is 4.90 Å². The van der Waals surface area contributed by atoms with E-state index < -0.39 is 5.97 Å². The van der Waals surface area contributed by atoms with E-state index in [4.69, 9.17) is 5.11 Å². The summed E-state index contributed by atoms with van der Waals surface area (Å²) in [4.78, 5) is 25.1. The molecule has 1 aromatic rings. The number of carbonyl (C=O) groups is 2. The van der Waals surface area contributed by atoms with Crippen LogP contribution < -0.4 is 0 Å². The van der Waals surface area contributed by atoms with Crippen molar-refractivity contribution in [2.75, 3.05) is 6.54 Å². The molecule has 20 heavy (non-hydrogen) atoms. The molecule has 1 fully saturated rings. The average Bonchev–Trinajstić information content (AvgIpc) is 2.45. The van der Waals surface area contributed by atoms with Gasteiger partial charge in [0, 0.05) is 11.6 Å². The monoisotopic (exact) mass is 275 g/mol. The fourth-order valence-electron chi connectivity index (χ4n) is 2.77. The number of carbonyl (C=O) groups excluding carboxylic acids is 1. The molecule has 1 N–H and O–H groups in total. The molecule has 1 aliphatic rings. The molecule has 0 heterocycles. The Morgan fingerprint density at radius 3 is 2.30 bits per heavy atom. The first-order chi connectivity index (χ1) is 9.58. The number of hydrogen-bond acceptors (Lipinski definition) is 2. The van der Waals surface area contributed by atoms with Gasteiger partial charge < -0.3 is 10.0 Å². The summed E-state index contributed by atoms with van der Waals surface area (Å²) in [6, 6.07) is 7.37. The lowest BCUT2D eigenvalue weighted by atomic mass is 9.93. The molecule has 0 aromatic heterocycles. The molecule has 0 radical (unpaired) electrons. The molecular weight excluding hydrogens is 254 g/mol. The van der Waals surface area contributed by atoms with Crippen molar-refractivity contribution in [3.63, 3.8) is 0 Å². The highest BCUT2D eigenvalue weighted by atomic mass is 16.4. The summed E-state index contributed by atoms with van der Waals surface area (Å²) >= 11 is 0. The maximum absolute atomic E-state index is 12.6. The molecule has 0 atom stereocenters. The van der Waals surface area contributed by atoms with Crippen molar-refractivity contribution in [3.05, 3.63) is 35.4 Å². The van der Waals surface area contributed by atoms with Crippen LogP contribution in [0.15, 0.2) is 24.3 Å². The fourth-order valence-corrected chi connectivity index (χ4v) is 2.77. The Morgan fingerprint density at radius 2 is 1.75 bits per heavy atom. The molecule has 2 rings (SSSR count). The topological polar surface area (TPSA) is 57.6 Å². The number of hydrogen-bond donors (Lipinski definition) is 1. The van der Waals surface area contributed by atoms with Gasteiger partial charge in [0.25, 0.3) is 5.91 Å². The molecule has 1 aromatic carbocycles. The van der Waals surface area contributed by atoms with Gasteiger partial charge >= 0.3 is 5.97 Å². The van der Waals surface area contributed by atoms with E-state index >= 15 is 0 Å². The molecule has 1 amide bonds. The number of carboxylic acid groups (broad SMARTS) is 1. The number of aliphatic carboxylic acids is 1. The minimum Gasteiger partial charge on any atom is -0.480 e. The van der Waals surface area contributed by atoms with E-state index in [2.05, 4.69) is 0 Å². The van der Waals surface area contributed by atoms with Crippen LogP contribution in [0, 0.1) is 6.92 Å². The first kappa shape index (κ1) is 14.6.